The fourth-order valence-corrected chi connectivity index (χ4v) is 6.04. The first-order chi connectivity index (χ1) is 18.9. The van der Waals surface area contributed by atoms with Crippen molar-refractivity contribution in [2.24, 2.45) is 0 Å². The maximum atomic E-state index is 12.5. The highest BCUT2D eigenvalue weighted by Crippen LogP contribution is 2.31. The van der Waals surface area contributed by atoms with E-state index in [4.69, 9.17) is 4.74 Å². The third kappa shape index (κ3) is 9.10. The molecule has 4 rings (SSSR count). The molecular weight excluding hydrogens is 565 g/mol. The van der Waals surface area contributed by atoms with E-state index in [2.05, 4.69) is 15.5 Å². The molecule has 0 unspecified atom stereocenters. The molecule has 216 valence electrons. The SMILES string of the molecule is COc1ccccc1NS(=O)(=O)c1ccc(C(F)(F)F)cc1.O=S(=O)(NCCC1=CCCCC1)c1ccccc1. The minimum atomic E-state index is -4.52. The zero-order valence-electron chi connectivity index (χ0n) is 21.8. The number of hydrogen-bond acceptors (Lipinski definition) is 5. The van der Waals surface area contributed by atoms with E-state index in [1.54, 1.807) is 42.5 Å². The van der Waals surface area contributed by atoms with Crippen LogP contribution < -0.4 is 14.2 Å². The minimum absolute atomic E-state index is 0.199. The van der Waals surface area contributed by atoms with E-state index in [-0.39, 0.29) is 10.6 Å². The zero-order chi connectivity index (χ0) is 29.2. The van der Waals surface area contributed by atoms with Gasteiger partial charge in [0.05, 0.1) is 28.2 Å². The van der Waals surface area contributed by atoms with Gasteiger partial charge in [-0.15, -0.1) is 0 Å². The van der Waals surface area contributed by atoms with Crippen molar-refractivity contribution >= 4 is 25.7 Å². The van der Waals surface area contributed by atoms with E-state index >= 15 is 0 Å². The number of ether oxygens (including phenoxy) is 1. The Labute approximate surface area is 233 Å². The number of anilines is 1. The van der Waals surface area contributed by atoms with Crippen LogP contribution in [0.5, 0.6) is 5.75 Å². The molecule has 7 nitrogen and oxygen atoms in total. The van der Waals surface area contributed by atoms with Gasteiger partial charge in [0.15, 0.2) is 0 Å². The van der Waals surface area contributed by atoms with Crippen LogP contribution in [-0.2, 0) is 26.2 Å². The Morgan fingerprint density at radius 3 is 2.02 bits per heavy atom. The predicted molar refractivity (Wildman–Crippen MR) is 148 cm³/mol. The Kier molecular flexibility index (Phi) is 10.8. The first kappa shape index (κ1) is 31.2. The fraction of sp³-hybridized carbons (Fsp3) is 0.286. The standard InChI is InChI=1S/C14H12F3NO3S.C14H19NO2S/c1-21-13-5-3-2-4-12(13)18-22(19,20)11-8-6-10(7-9-11)14(15,16)17;16-18(17,14-9-5-2-6-10-14)15-12-11-13-7-3-1-4-8-13/h2-9,18H,1H3;2,5-7,9-10,15H,1,3-4,8,11-12H2. The molecule has 1 aliphatic rings. The van der Waals surface area contributed by atoms with E-state index in [9.17, 15) is 30.0 Å². The summed E-state index contributed by atoms with van der Waals surface area (Å²) in [5, 5.41) is 0. The van der Waals surface area contributed by atoms with Crippen LogP contribution in [0, 0.1) is 0 Å². The van der Waals surface area contributed by atoms with E-state index in [0.717, 1.165) is 43.5 Å². The average Bonchev–Trinajstić information content (AvgIpc) is 2.94. The summed E-state index contributed by atoms with van der Waals surface area (Å²) in [6.45, 7) is 0.489. The molecule has 0 amide bonds. The first-order valence-electron chi connectivity index (χ1n) is 12.5. The molecule has 0 heterocycles. The van der Waals surface area contributed by atoms with Gasteiger partial charge in [-0.25, -0.2) is 21.6 Å². The molecule has 0 spiro atoms. The second kappa shape index (κ2) is 13.8. The number of nitrogens with one attached hydrogen (secondary N) is 2. The number of halogens is 3. The molecule has 2 N–H and O–H groups in total. The number of hydrogen-bond donors (Lipinski definition) is 2. The van der Waals surface area contributed by atoms with Gasteiger partial charge >= 0.3 is 6.18 Å². The molecule has 0 bridgehead atoms. The lowest BCUT2D eigenvalue weighted by Gasteiger charge is -2.13. The van der Waals surface area contributed by atoms with Crippen LogP contribution in [0.15, 0.2) is 100 Å². The number of sulfonamides is 2. The predicted octanol–water partition coefficient (Wildman–Crippen LogP) is 6.37. The molecule has 0 aromatic heterocycles. The summed E-state index contributed by atoms with van der Waals surface area (Å²) in [4.78, 5) is 0.0639. The largest absolute Gasteiger partial charge is 0.495 e. The van der Waals surface area contributed by atoms with Crippen molar-refractivity contribution in [2.45, 2.75) is 48.1 Å². The van der Waals surface area contributed by atoms with Gasteiger partial charge in [0.25, 0.3) is 10.0 Å². The highest BCUT2D eigenvalue weighted by atomic mass is 32.2. The third-order valence-corrected chi connectivity index (χ3v) is 8.88. The molecule has 0 saturated heterocycles. The summed E-state index contributed by atoms with van der Waals surface area (Å²) in [6.07, 6.45) is 3.31. The highest BCUT2D eigenvalue weighted by Gasteiger charge is 2.30. The first-order valence-corrected chi connectivity index (χ1v) is 15.4. The molecule has 0 radical (unpaired) electrons. The van der Waals surface area contributed by atoms with Crippen LogP contribution in [-0.4, -0.2) is 30.5 Å². The molecule has 0 fully saturated rings. The molecule has 3 aromatic rings. The van der Waals surface area contributed by atoms with Crippen molar-refractivity contribution in [3.63, 3.8) is 0 Å². The summed E-state index contributed by atoms with van der Waals surface area (Å²) in [5.41, 5.74) is 0.672. The topological polar surface area (TPSA) is 102 Å². The van der Waals surface area contributed by atoms with Crippen molar-refractivity contribution in [1.29, 1.82) is 0 Å². The summed E-state index contributed by atoms with van der Waals surface area (Å²) >= 11 is 0. The lowest BCUT2D eigenvalue weighted by Crippen LogP contribution is -2.25. The van der Waals surface area contributed by atoms with Crippen LogP contribution in [0.4, 0.5) is 18.9 Å². The summed E-state index contributed by atoms with van der Waals surface area (Å²) < 4.78 is 95.6. The summed E-state index contributed by atoms with van der Waals surface area (Å²) in [6, 6.07) is 18.1. The number of methoxy groups -OCH3 is 1. The maximum Gasteiger partial charge on any atom is 0.416 e. The molecule has 40 heavy (non-hydrogen) atoms. The Morgan fingerprint density at radius 1 is 0.800 bits per heavy atom. The van der Waals surface area contributed by atoms with Crippen LogP contribution in [0.1, 0.15) is 37.7 Å². The number of allylic oxidation sites excluding steroid dienone is 1. The van der Waals surface area contributed by atoms with E-state index in [1.807, 2.05) is 6.07 Å². The van der Waals surface area contributed by atoms with Gasteiger partial charge in [-0.2, -0.15) is 13.2 Å². The van der Waals surface area contributed by atoms with Gasteiger partial charge in [-0.3, -0.25) is 4.72 Å². The normalized spacial score (nSPS) is 13.9. The molecule has 0 saturated carbocycles. The number of benzene rings is 3. The molecule has 1 aliphatic carbocycles. The van der Waals surface area contributed by atoms with Gasteiger partial charge in [0, 0.05) is 6.54 Å². The molecule has 12 heteroatoms. The van der Waals surface area contributed by atoms with Crippen LogP contribution in [0.25, 0.3) is 0 Å². The minimum Gasteiger partial charge on any atom is -0.495 e. The van der Waals surface area contributed by atoms with Crippen molar-refractivity contribution in [1.82, 2.24) is 4.72 Å². The lowest BCUT2D eigenvalue weighted by molar-refractivity contribution is -0.137. The maximum absolute atomic E-state index is 12.5. The fourth-order valence-electron chi connectivity index (χ4n) is 3.92. The van der Waals surface area contributed by atoms with E-state index in [1.165, 1.54) is 31.6 Å². The van der Waals surface area contributed by atoms with Crippen LogP contribution in [0.2, 0.25) is 0 Å². The Balaban J connectivity index is 0.000000225. The van der Waals surface area contributed by atoms with Gasteiger partial charge < -0.3 is 4.74 Å². The average molecular weight is 597 g/mol. The monoisotopic (exact) mass is 596 g/mol. The zero-order valence-corrected chi connectivity index (χ0v) is 23.5. The second-order valence-corrected chi connectivity index (χ2v) is 12.3. The van der Waals surface area contributed by atoms with Crippen molar-refractivity contribution in [3.05, 3.63) is 96.1 Å². The van der Waals surface area contributed by atoms with Gasteiger partial charge in [0.2, 0.25) is 10.0 Å². The van der Waals surface area contributed by atoms with Crippen LogP contribution >= 0.6 is 0 Å². The van der Waals surface area contributed by atoms with Crippen molar-refractivity contribution < 1.29 is 34.7 Å². The molecular formula is C28H31F3N2O5S2. The van der Waals surface area contributed by atoms with Gasteiger partial charge in [0.1, 0.15) is 5.75 Å². The van der Waals surface area contributed by atoms with Crippen LogP contribution in [0.3, 0.4) is 0 Å². The summed E-state index contributed by atoms with van der Waals surface area (Å²) in [5.74, 6) is 0.304. The Hall–Kier alpha value is -3.35. The van der Waals surface area contributed by atoms with Crippen molar-refractivity contribution in [2.75, 3.05) is 18.4 Å². The van der Waals surface area contributed by atoms with Crippen molar-refractivity contribution in [3.8, 4) is 5.75 Å². The smallest absolute Gasteiger partial charge is 0.416 e. The quantitative estimate of drug-likeness (QED) is 0.280. The number of rotatable bonds is 9. The highest BCUT2D eigenvalue weighted by molar-refractivity contribution is 7.92. The third-order valence-electron chi connectivity index (χ3n) is 6.02. The lowest BCUT2D eigenvalue weighted by atomic mass is 9.97. The summed E-state index contributed by atoms with van der Waals surface area (Å²) in [7, 11) is -5.96. The molecule has 0 aliphatic heterocycles. The molecule has 0 atom stereocenters. The number of alkyl halides is 3. The molecule has 3 aromatic carbocycles. The number of para-hydroxylation sites is 2. The van der Waals surface area contributed by atoms with E-state index < -0.39 is 31.8 Å². The van der Waals surface area contributed by atoms with Gasteiger partial charge in [-0.05, 0) is 80.6 Å². The Morgan fingerprint density at radius 2 is 1.43 bits per heavy atom. The second-order valence-electron chi connectivity index (χ2n) is 8.90. The van der Waals surface area contributed by atoms with Gasteiger partial charge in [-0.1, -0.05) is 42.0 Å². The Bertz CT molecular complexity index is 1490. The van der Waals surface area contributed by atoms with E-state index in [0.29, 0.717) is 17.2 Å².